The van der Waals surface area contributed by atoms with Crippen molar-refractivity contribution in [3.05, 3.63) is 42.7 Å². The molecule has 0 aliphatic heterocycles. The Kier molecular flexibility index (Phi) is 4.32. The second-order valence-corrected chi connectivity index (χ2v) is 4.87. The number of rotatable bonds is 6. The second kappa shape index (κ2) is 6.73. The molecule has 0 saturated carbocycles. The molecule has 0 radical (unpaired) electrons. The fourth-order valence-electron chi connectivity index (χ4n) is 2.21. The summed E-state index contributed by atoms with van der Waals surface area (Å²) in [4.78, 5) is 12.1. The SMILES string of the molecule is COc1ccc(NC(=O)CCn2cccc2)cc1-c1nn[nH]n1. The van der Waals surface area contributed by atoms with Gasteiger partial charge in [-0.05, 0) is 35.5 Å². The number of aromatic nitrogens is 5. The lowest BCUT2D eigenvalue weighted by atomic mass is 10.1. The monoisotopic (exact) mass is 312 g/mol. The Morgan fingerprint density at radius 3 is 2.87 bits per heavy atom. The number of tetrazole rings is 1. The van der Waals surface area contributed by atoms with E-state index in [2.05, 4.69) is 25.9 Å². The smallest absolute Gasteiger partial charge is 0.226 e. The van der Waals surface area contributed by atoms with Crippen LogP contribution in [-0.4, -0.2) is 38.2 Å². The molecular weight excluding hydrogens is 296 g/mol. The van der Waals surface area contributed by atoms with Crippen molar-refractivity contribution in [3.63, 3.8) is 0 Å². The standard InChI is InChI=1S/C15H16N6O2/c1-23-13-5-4-11(10-12(13)15-17-19-20-18-15)16-14(22)6-9-21-7-2-3-8-21/h2-5,7-8,10H,6,9H2,1H3,(H,16,22)(H,17,18,19,20). The number of nitrogens with zero attached hydrogens (tertiary/aromatic N) is 4. The number of H-pyrrole nitrogens is 1. The molecule has 2 heterocycles. The lowest BCUT2D eigenvalue weighted by molar-refractivity contribution is -0.116. The van der Waals surface area contributed by atoms with E-state index in [-0.39, 0.29) is 5.91 Å². The van der Waals surface area contributed by atoms with Crippen molar-refractivity contribution in [3.8, 4) is 17.1 Å². The Balaban J connectivity index is 1.70. The van der Waals surface area contributed by atoms with E-state index in [0.29, 0.717) is 35.8 Å². The number of anilines is 1. The summed E-state index contributed by atoms with van der Waals surface area (Å²) in [5.41, 5.74) is 1.31. The average molecular weight is 312 g/mol. The van der Waals surface area contributed by atoms with Crippen molar-refractivity contribution in [1.82, 2.24) is 25.2 Å². The van der Waals surface area contributed by atoms with Crippen LogP contribution in [0.4, 0.5) is 5.69 Å². The third-order valence-corrected chi connectivity index (χ3v) is 3.33. The van der Waals surface area contributed by atoms with Gasteiger partial charge in [0, 0.05) is 31.0 Å². The Bertz CT molecular complexity index is 767. The van der Waals surface area contributed by atoms with Crippen molar-refractivity contribution in [2.45, 2.75) is 13.0 Å². The molecule has 0 aliphatic carbocycles. The van der Waals surface area contributed by atoms with E-state index in [1.807, 2.05) is 29.1 Å². The van der Waals surface area contributed by atoms with Crippen LogP contribution in [0.5, 0.6) is 5.75 Å². The van der Waals surface area contributed by atoms with E-state index in [1.165, 1.54) is 0 Å². The molecule has 118 valence electrons. The number of amides is 1. The maximum absolute atomic E-state index is 12.1. The first-order valence-corrected chi connectivity index (χ1v) is 7.09. The highest BCUT2D eigenvalue weighted by Gasteiger charge is 2.12. The maximum atomic E-state index is 12.1. The summed E-state index contributed by atoms with van der Waals surface area (Å²) in [6, 6.07) is 9.15. The largest absolute Gasteiger partial charge is 0.496 e. The molecule has 0 bridgehead atoms. The van der Waals surface area contributed by atoms with Crippen LogP contribution in [0, 0.1) is 0 Å². The van der Waals surface area contributed by atoms with E-state index in [1.54, 1.807) is 25.3 Å². The van der Waals surface area contributed by atoms with Gasteiger partial charge in [-0.25, -0.2) is 0 Å². The van der Waals surface area contributed by atoms with Crippen molar-refractivity contribution in [2.24, 2.45) is 0 Å². The number of ether oxygens (including phenoxy) is 1. The van der Waals surface area contributed by atoms with Crippen molar-refractivity contribution >= 4 is 11.6 Å². The molecule has 1 amide bonds. The van der Waals surface area contributed by atoms with Crippen LogP contribution in [0.3, 0.4) is 0 Å². The molecule has 2 N–H and O–H groups in total. The second-order valence-electron chi connectivity index (χ2n) is 4.87. The molecular formula is C15H16N6O2. The summed E-state index contributed by atoms with van der Waals surface area (Å²) in [6.07, 6.45) is 4.24. The summed E-state index contributed by atoms with van der Waals surface area (Å²) in [5, 5.41) is 16.7. The highest BCUT2D eigenvalue weighted by Crippen LogP contribution is 2.29. The van der Waals surface area contributed by atoms with Crippen molar-refractivity contribution < 1.29 is 9.53 Å². The highest BCUT2D eigenvalue weighted by molar-refractivity contribution is 5.91. The molecule has 3 aromatic rings. The van der Waals surface area contributed by atoms with Crippen LogP contribution >= 0.6 is 0 Å². The summed E-state index contributed by atoms with van der Waals surface area (Å²) < 4.78 is 7.24. The van der Waals surface area contributed by atoms with E-state index in [4.69, 9.17) is 4.74 Å². The molecule has 0 spiro atoms. The molecule has 0 saturated heterocycles. The molecule has 3 rings (SSSR count). The Morgan fingerprint density at radius 1 is 1.35 bits per heavy atom. The van der Waals surface area contributed by atoms with Gasteiger partial charge in [-0.3, -0.25) is 4.79 Å². The number of aromatic amines is 1. The fraction of sp³-hybridized carbons (Fsp3) is 0.200. The predicted octanol–water partition coefficient (Wildman–Crippen LogP) is 1.71. The summed E-state index contributed by atoms with van der Waals surface area (Å²) in [5.74, 6) is 0.949. The molecule has 0 aliphatic rings. The normalized spacial score (nSPS) is 10.5. The zero-order valence-electron chi connectivity index (χ0n) is 12.6. The first-order valence-electron chi connectivity index (χ1n) is 7.09. The van der Waals surface area contributed by atoms with E-state index >= 15 is 0 Å². The Hall–Kier alpha value is -3.16. The summed E-state index contributed by atoms with van der Waals surface area (Å²) >= 11 is 0. The number of aryl methyl sites for hydroxylation is 1. The zero-order valence-corrected chi connectivity index (χ0v) is 12.6. The topological polar surface area (TPSA) is 97.7 Å². The van der Waals surface area contributed by atoms with Gasteiger partial charge < -0.3 is 14.6 Å². The van der Waals surface area contributed by atoms with Crippen LogP contribution in [-0.2, 0) is 11.3 Å². The lowest BCUT2D eigenvalue weighted by Gasteiger charge is -2.10. The number of benzene rings is 1. The van der Waals surface area contributed by atoms with Crippen molar-refractivity contribution in [1.29, 1.82) is 0 Å². The van der Waals surface area contributed by atoms with Crippen LogP contribution in [0.2, 0.25) is 0 Å². The molecule has 8 heteroatoms. The minimum atomic E-state index is -0.0667. The van der Waals surface area contributed by atoms with Gasteiger partial charge in [-0.1, -0.05) is 0 Å². The number of methoxy groups -OCH3 is 1. The van der Waals surface area contributed by atoms with Gasteiger partial charge in [0.1, 0.15) is 5.75 Å². The number of hydrogen-bond donors (Lipinski definition) is 2. The number of nitrogens with one attached hydrogen (secondary N) is 2. The molecule has 2 aromatic heterocycles. The minimum Gasteiger partial charge on any atom is -0.496 e. The third kappa shape index (κ3) is 3.54. The summed E-state index contributed by atoms with van der Waals surface area (Å²) in [7, 11) is 1.56. The predicted molar refractivity (Wildman–Crippen MR) is 83.8 cm³/mol. The van der Waals surface area contributed by atoms with Crippen LogP contribution in [0.1, 0.15) is 6.42 Å². The highest BCUT2D eigenvalue weighted by atomic mass is 16.5. The van der Waals surface area contributed by atoms with Gasteiger partial charge in [-0.15, -0.1) is 10.2 Å². The van der Waals surface area contributed by atoms with Crippen molar-refractivity contribution in [2.75, 3.05) is 12.4 Å². The molecule has 8 nitrogen and oxygen atoms in total. The third-order valence-electron chi connectivity index (χ3n) is 3.33. The lowest BCUT2D eigenvalue weighted by Crippen LogP contribution is -2.14. The molecule has 0 atom stereocenters. The van der Waals surface area contributed by atoms with Gasteiger partial charge in [0.15, 0.2) is 0 Å². The van der Waals surface area contributed by atoms with E-state index in [0.717, 1.165) is 0 Å². The average Bonchev–Trinajstić information content (AvgIpc) is 3.26. The fourth-order valence-corrected chi connectivity index (χ4v) is 2.21. The van der Waals surface area contributed by atoms with Crippen LogP contribution in [0.15, 0.2) is 42.7 Å². The van der Waals surface area contributed by atoms with E-state index in [9.17, 15) is 4.79 Å². The van der Waals surface area contributed by atoms with Gasteiger partial charge >= 0.3 is 0 Å². The minimum absolute atomic E-state index is 0.0667. The van der Waals surface area contributed by atoms with Gasteiger partial charge in [0.05, 0.1) is 12.7 Å². The zero-order chi connectivity index (χ0) is 16.1. The Labute approximate surface area is 132 Å². The first kappa shape index (κ1) is 14.8. The quantitative estimate of drug-likeness (QED) is 0.722. The van der Waals surface area contributed by atoms with E-state index < -0.39 is 0 Å². The number of carbonyl (C=O) groups excluding carboxylic acids is 1. The summed E-state index contributed by atoms with van der Waals surface area (Å²) in [6.45, 7) is 0.632. The van der Waals surface area contributed by atoms with Gasteiger partial charge in [-0.2, -0.15) is 5.21 Å². The van der Waals surface area contributed by atoms with Gasteiger partial charge in [0.25, 0.3) is 0 Å². The molecule has 0 fully saturated rings. The Morgan fingerprint density at radius 2 is 2.17 bits per heavy atom. The molecule has 1 aromatic carbocycles. The maximum Gasteiger partial charge on any atom is 0.226 e. The van der Waals surface area contributed by atoms with Gasteiger partial charge in [0.2, 0.25) is 11.7 Å². The molecule has 0 unspecified atom stereocenters. The number of carbonyl (C=O) groups is 1. The molecule has 23 heavy (non-hydrogen) atoms. The van der Waals surface area contributed by atoms with Crippen LogP contribution in [0.25, 0.3) is 11.4 Å². The number of hydrogen-bond acceptors (Lipinski definition) is 5. The first-order chi connectivity index (χ1) is 11.3. The van der Waals surface area contributed by atoms with Crippen LogP contribution < -0.4 is 10.1 Å².